The molecule has 7 heteroatoms. The van der Waals surface area contributed by atoms with Gasteiger partial charge in [0.1, 0.15) is 0 Å². The van der Waals surface area contributed by atoms with E-state index in [9.17, 15) is 9.90 Å². The van der Waals surface area contributed by atoms with E-state index in [1.54, 1.807) is 0 Å². The van der Waals surface area contributed by atoms with Gasteiger partial charge in [0.25, 0.3) is 0 Å². The maximum atomic E-state index is 10.4. The number of nitrogens with zero attached hydrogens (tertiary/aromatic N) is 1. The van der Waals surface area contributed by atoms with E-state index >= 15 is 0 Å². The zero-order valence-corrected chi connectivity index (χ0v) is 7.37. The van der Waals surface area contributed by atoms with Crippen LogP contribution in [0.4, 0.5) is 0 Å². The van der Waals surface area contributed by atoms with Crippen LogP contribution in [-0.4, -0.2) is 67.6 Å². The van der Waals surface area contributed by atoms with Gasteiger partial charge in [-0.15, -0.1) is 0 Å². The summed E-state index contributed by atoms with van der Waals surface area (Å²) < 4.78 is 0. The van der Waals surface area contributed by atoms with Gasteiger partial charge < -0.3 is 25.5 Å². The van der Waals surface area contributed by atoms with Gasteiger partial charge in [-0.2, -0.15) is 0 Å². The van der Waals surface area contributed by atoms with Gasteiger partial charge in [0.2, 0.25) is 0 Å². The van der Waals surface area contributed by atoms with Crippen molar-refractivity contribution in [3.05, 3.63) is 0 Å². The number of carboxylic acids is 1. The molecule has 0 radical (unpaired) electrons. The second-order valence-electron chi connectivity index (χ2n) is 3.33. The quantitative estimate of drug-likeness (QED) is 0.243. The third-order valence-electron chi connectivity index (χ3n) is 2.10. The lowest BCUT2D eigenvalue weighted by Crippen LogP contribution is -2.52. The Hall–Kier alpha value is -0.730. The molecule has 0 aliphatic carbocycles. The summed E-state index contributed by atoms with van der Waals surface area (Å²) in [4.78, 5) is 11.9. The van der Waals surface area contributed by atoms with Gasteiger partial charge in [0.15, 0.2) is 6.10 Å². The molecular formula is C7H13NO6. The van der Waals surface area contributed by atoms with E-state index in [-0.39, 0.29) is 0 Å². The maximum Gasteiger partial charge on any atom is 0.305 e. The maximum absolute atomic E-state index is 10.4. The molecule has 0 amide bonds. The van der Waals surface area contributed by atoms with E-state index in [1.807, 2.05) is 0 Å². The minimum atomic E-state index is -3.26. The largest absolute Gasteiger partial charge is 0.481 e. The lowest BCUT2D eigenvalue weighted by Gasteiger charge is -2.28. The Morgan fingerprint density at radius 1 is 1.36 bits per heavy atom. The van der Waals surface area contributed by atoms with Crippen LogP contribution in [0.15, 0.2) is 0 Å². The molecule has 1 saturated heterocycles. The fraction of sp³-hybridized carbons (Fsp3) is 0.857. The van der Waals surface area contributed by atoms with Gasteiger partial charge in [0.05, 0.1) is 12.5 Å². The minimum Gasteiger partial charge on any atom is -0.481 e. The summed E-state index contributed by atoms with van der Waals surface area (Å²) in [6, 6.07) is -0.979. The summed E-state index contributed by atoms with van der Waals surface area (Å²) in [5, 5.41) is 43.8. The topological polar surface area (TPSA) is 121 Å². The first-order valence-corrected chi connectivity index (χ1v) is 4.13. The molecule has 0 spiro atoms. The highest BCUT2D eigenvalue weighted by Gasteiger charge is 2.44. The number of aliphatic hydroxyl groups excluding tert-OH is 1. The molecule has 2 unspecified atom stereocenters. The van der Waals surface area contributed by atoms with Crippen molar-refractivity contribution < 1.29 is 30.3 Å². The van der Waals surface area contributed by atoms with Crippen molar-refractivity contribution in [1.29, 1.82) is 0 Å². The zero-order valence-electron chi connectivity index (χ0n) is 7.37. The van der Waals surface area contributed by atoms with Crippen LogP contribution in [0.3, 0.4) is 0 Å². The van der Waals surface area contributed by atoms with Crippen molar-refractivity contribution in [2.24, 2.45) is 0 Å². The van der Waals surface area contributed by atoms with Gasteiger partial charge in [-0.05, 0) is 0 Å². The Morgan fingerprint density at radius 3 is 2.14 bits per heavy atom. The Balaban J connectivity index is 2.62. The number of hydrogen-bond acceptors (Lipinski definition) is 6. The summed E-state index contributed by atoms with van der Waals surface area (Å²) in [5.74, 6) is -4.44. The molecule has 0 aromatic rings. The number of aliphatic hydroxyl groups is 4. The summed E-state index contributed by atoms with van der Waals surface area (Å²) in [7, 11) is 0. The van der Waals surface area contributed by atoms with Crippen LogP contribution in [0.1, 0.15) is 6.42 Å². The number of hydrogen-bond donors (Lipinski definition) is 5. The summed E-state index contributed by atoms with van der Waals surface area (Å²) in [6.07, 6.45) is -2.37. The number of carboxylic acid groups (broad SMARTS) is 1. The fourth-order valence-corrected chi connectivity index (χ4v) is 1.27. The van der Waals surface area contributed by atoms with E-state index in [4.69, 9.17) is 20.4 Å². The monoisotopic (exact) mass is 207 g/mol. The van der Waals surface area contributed by atoms with Crippen LogP contribution in [0.5, 0.6) is 0 Å². The summed E-state index contributed by atoms with van der Waals surface area (Å²) >= 11 is 0. The Labute approximate surface area is 79.8 Å². The van der Waals surface area contributed by atoms with Crippen molar-refractivity contribution in [3.63, 3.8) is 0 Å². The van der Waals surface area contributed by atoms with Gasteiger partial charge in [0, 0.05) is 13.1 Å². The van der Waals surface area contributed by atoms with Crippen molar-refractivity contribution in [2.75, 3.05) is 13.1 Å². The molecule has 0 saturated carbocycles. The second kappa shape index (κ2) is 3.79. The standard InChI is InChI=1S/C7H13NO6/c9-5(10)3-4(8-1-2-8)6(11)7(12,13)14/h4,6,11-14H,1-3H2,(H,9,10). The third kappa shape index (κ3) is 2.89. The van der Waals surface area contributed by atoms with E-state index in [0.29, 0.717) is 13.1 Å². The average Bonchev–Trinajstić information content (AvgIpc) is 2.79. The van der Waals surface area contributed by atoms with Crippen LogP contribution in [-0.2, 0) is 4.79 Å². The number of carbonyl (C=O) groups is 1. The van der Waals surface area contributed by atoms with Crippen LogP contribution in [0, 0.1) is 0 Å². The van der Waals surface area contributed by atoms with Crippen molar-refractivity contribution in [1.82, 2.24) is 4.90 Å². The van der Waals surface area contributed by atoms with E-state index in [0.717, 1.165) is 0 Å². The van der Waals surface area contributed by atoms with E-state index in [1.165, 1.54) is 4.90 Å². The first kappa shape index (κ1) is 11.3. The predicted octanol–water partition coefficient (Wildman–Crippen LogP) is -2.86. The Bertz CT molecular complexity index is 221. The molecule has 7 nitrogen and oxygen atoms in total. The molecule has 14 heavy (non-hydrogen) atoms. The van der Waals surface area contributed by atoms with Gasteiger partial charge in [-0.1, -0.05) is 0 Å². The second-order valence-corrected chi connectivity index (χ2v) is 3.33. The number of aliphatic carboxylic acids is 1. The van der Waals surface area contributed by atoms with Crippen molar-refractivity contribution in [2.45, 2.75) is 24.5 Å². The van der Waals surface area contributed by atoms with Crippen molar-refractivity contribution >= 4 is 5.97 Å². The molecule has 1 aliphatic rings. The minimum absolute atomic E-state index is 0.454. The fourth-order valence-electron chi connectivity index (χ4n) is 1.27. The number of rotatable bonds is 5. The average molecular weight is 207 g/mol. The molecule has 1 aliphatic heterocycles. The normalized spacial score (nSPS) is 21.7. The van der Waals surface area contributed by atoms with Gasteiger partial charge >= 0.3 is 11.9 Å². The van der Waals surface area contributed by atoms with Crippen LogP contribution in [0.2, 0.25) is 0 Å². The molecule has 1 heterocycles. The predicted molar refractivity (Wildman–Crippen MR) is 43.0 cm³/mol. The molecular weight excluding hydrogens is 194 g/mol. The Morgan fingerprint density at radius 2 is 1.86 bits per heavy atom. The van der Waals surface area contributed by atoms with E-state index < -0.39 is 30.5 Å². The highest BCUT2D eigenvalue weighted by Crippen LogP contribution is 2.21. The Kier molecular flexibility index (Phi) is 3.07. The van der Waals surface area contributed by atoms with Gasteiger partial charge in [-0.25, -0.2) is 0 Å². The highest BCUT2D eigenvalue weighted by molar-refractivity contribution is 5.67. The molecule has 0 aromatic carbocycles. The third-order valence-corrected chi connectivity index (χ3v) is 2.10. The smallest absolute Gasteiger partial charge is 0.305 e. The van der Waals surface area contributed by atoms with Crippen molar-refractivity contribution in [3.8, 4) is 0 Å². The van der Waals surface area contributed by atoms with Crippen LogP contribution < -0.4 is 0 Å². The molecule has 82 valence electrons. The zero-order chi connectivity index (χ0) is 10.9. The molecule has 0 bridgehead atoms. The first-order valence-electron chi connectivity index (χ1n) is 4.13. The van der Waals surface area contributed by atoms with Gasteiger partial charge in [-0.3, -0.25) is 9.69 Å². The summed E-state index contributed by atoms with van der Waals surface area (Å²) in [5.41, 5.74) is 0. The molecule has 1 rings (SSSR count). The molecule has 5 N–H and O–H groups in total. The molecule has 0 aromatic heterocycles. The summed E-state index contributed by atoms with van der Waals surface area (Å²) in [6.45, 7) is 1.15. The lowest BCUT2D eigenvalue weighted by atomic mass is 10.1. The van der Waals surface area contributed by atoms with Crippen LogP contribution in [0.25, 0.3) is 0 Å². The first-order chi connectivity index (χ1) is 6.32. The molecule has 2 atom stereocenters. The van der Waals surface area contributed by atoms with E-state index in [2.05, 4.69) is 0 Å². The van der Waals surface area contributed by atoms with Crippen LogP contribution >= 0.6 is 0 Å². The highest BCUT2D eigenvalue weighted by atomic mass is 16.7. The SMILES string of the molecule is O=C(O)CC(C(O)C(O)(O)O)N1CC1. The lowest BCUT2D eigenvalue weighted by molar-refractivity contribution is -0.360. The molecule has 1 fully saturated rings.